The van der Waals surface area contributed by atoms with E-state index in [0.717, 1.165) is 10.6 Å². The topological polar surface area (TPSA) is 83.6 Å². The van der Waals surface area contributed by atoms with Crippen LogP contribution in [0.5, 0.6) is 0 Å². The summed E-state index contributed by atoms with van der Waals surface area (Å²) in [7, 11) is 1.60. The number of fused-ring (bicyclic) bond motifs is 1. The van der Waals surface area contributed by atoms with Crippen LogP contribution in [0.25, 0.3) is 0 Å². The fourth-order valence-electron chi connectivity index (χ4n) is 2.36. The highest BCUT2D eigenvalue weighted by atomic mass is 32.1. The number of urea groups is 1. The molecule has 3 amide bonds. The zero-order valence-corrected chi connectivity index (χ0v) is 14.8. The molecule has 0 aromatic carbocycles. The summed E-state index contributed by atoms with van der Waals surface area (Å²) in [5.74, 6) is -0.148. The SMILES string of the molecule is COCCNC(=O)N1CCc2nc(NC(=O)c3cccs3)sc2C1. The van der Waals surface area contributed by atoms with Gasteiger partial charge in [-0.3, -0.25) is 10.1 Å². The molecule has 2 aromatic heterocycles. The van der Waals surface area contributed by atoms with Crippen molar-refractivity contribution in [2.24, 2.45) is 0 Å². The number of carbonyl (C=O) groups is 2. The molecule has 2 N–H and O–H groups in total. The number of thiophene rings is 1. The molecule has 3 rings (SSSR count). The van der Waals surface area contributed by atoms with Gasteiger partial charge >= 0.3 is 6.03 Å². The predicted octanol–water partition coefficient (Wildman–Crippen LogP) is 2.17. The molecule has 0 radical (unpaired) electrons. The van der Waals surface area contributed by atoms with Crippen molar-refractivity contribution < 1.29 is 14.3 Å². The molecule has 128 valence electrons. The second kappa shape index (κ2) is 7.73. The Balaban J connectivity index is 1.60. The van der Waals surface area contributed by atoms with Crippen LogP contribution in [0.1, 0.15) is 20.2 Å². The van der Waals surface area contributed by atoms with Crippen molar-refractivity contribution in [1.29, 1.82) is 0 Å². The predicted molar refractivity (Wildman–Crippen MR) is 93.8 cm³/mol. The zero-order valence-electron chi connectivity index (χ0n) is 13.2. The van der Waals surface area contributed by atoms with E-state index < -0.39 is 0 Å². The highest BCUT2D eigenvalue weighted by molar-refractivity contribution is 7.16. The smallest absolute Gasteiger partial charge is 0.317 e. The molecule has 0 fully saturated rings. The van der Waals surface area contributed by atoms with E-state index in [1.54, 1.807) is 18.1 Å². The van der Waals surface area contributed by atoms with Gasteiger partial charge in [0.05, 0.1) is 23.7 Å². The summed E-state index contributed by atoms with van der Waals surface area (Å²) >= 11 is 2.82. The van der Waals surface area contributed by atoms with E-state index >= 15 is 0 Å². The fourth-order valence-corrected chi connectivity index (χ4v) is 4.00. The van der Waals surface area contributed by atoms with Crippen molar-refractivity contribution in [2.45, 2.75) is 13.0 Å². The average molecular weight is 366 g/mol. The summed E-state index contributed by atoms with van der Waals surface area (Å²) in [5.41, 5.74) is 0.961. The Bertz CT molecular complexity index is 714. The van der Waals surface area contributed by atoms with Crippen molar-refractivity contribution in [3.63, 3.8) is 0 Å². The molecule has 7 nitrogen and oxygen atoms in total. The maximum Gasteiger partial charge on any atom is 0.317 e. The van der Waals surface area contributed by atoms with E-state index in [4.69, 9.17) is 4.74 Å². The Morgan fingerprint density at radius 1 is 1.46 bits per heavy atom. The summed E-state index contributed by atoms with van der Waals surface area (Å²) in [4.78, 5) is 32.1. The molecule has 0 saturated carbocycles. The molecule has 9 heteroatoms. The summed E-state index contributed by atoms with van der Waals surface area (Å²) in [6, 6.07) is 3.52. The lowest BCUT2D eigenvalue weighted by Crippen LogP contribution is -2.43. The third-order valence-corrected chi connectivity index (χ3v) is 5.43. The number of methoxy groups -OCH3 is 1. The second-order valence-electron chi connectivity index (χ2n) is 5.22. The van der Waals surface area contributed by atoms with E-state index in [1.165, 1.54) is 22.7 Å². The molecule has 24 heavy (non-hydrogen) atoms. The van der Waals surface area contributed by atoms with Gasteiger partial charge in [0.15, 0.2) is 5.13 Å². The monoisotopic (exact) mass is 366 g/mol. The van der Waals surface area contributed by atoms with Crippen LogP contribution in [0.4, 0.5) is 9.93 Å². The van der Waals surface area contributed by atoms with E-state index in [9.17, 15) is 9.59 Å². The number of carbonyl (C=O) groups excluding carboxylic acids is 2. The first-order valence-corrected chi connectivity index (χ1v) is 9.22. The molecule has 0 saturated heterocycles. The van der Waals surface area contributed by atoms with E-state index in [-0.39, 0.29) is 11.9 Å². The number of hydrogen-bond donors (Lipinski definition) is 2. The third kappa shape index (κ3) is 3.92. The summed E-state index contributed by atoms with van der Waals surface area (Å²) in [6.45, 7) is 2.11. The summed E-state index contributed by atoms with van der Waals surface area (Å²) in [6.07, 6.45) is 0.693. The lowest BCUT2D eigenvalue weighted by molar-refractivity contribution is 0.103. The molecule has 0 atom stereocenters. The Hall–Kier alpha value is -1.97. The first-order chi connectivity index (χ1) is 11.7. The average Bonchev–Trinajstić information content (AvgIpc) is 3.23. The molecule has 0 aliphatic carbocycles. The van der Waals surface area contributed by atoms with Gasteiger partial charge in [-0.05, 0) is 11.4 Å². The quantitative estimate of drug-likeness (QED) is 0.795. The zero-order chi connectivity index (χ0) is 16.9. The molecule has 1 aliphatic rings. The number of amides is 3. The number of thiazole rings is 1. The van der Waals surface area contributed by atoms with Crippen LogP contribution in [0.2, 0.25) is 0 Å². The van der Waals surface area contributed by atoms with E-state index in [0.29, 0.717) is 42.7 Å². The van der Waals surface area contributed by atoms with Gasteiger partial charge in [-0.1, -0.05) is 17.4 Å². The number of hydrogen-bond acceptors (Lipinski definition) is 6. The Labute approximate surface area is 147 Å². The van der Waals surface area contributed by atoms with Crippen molar-refractivity contribution in [1.82, 2.24) is 15.2 Å². The molecule has 0 spiro atoms. The third-order valence-electron chi connectivity index (χ3n) is 3.57. The van der Waals surface area contributed by atoms with Crippen LogP contribution in [0.3, 0.4) is 0 Å². The molecular formula is C15H18N4O3S2. The van der Waals surface area contributed by atoms with Crippen LogP contribution < -0.4 is 10.6 Å². The number of anilines is 1. The maximum absolute atomic E-state index is 12.1. The normalized spacial score (nSPS) is 13.5. The highest BCUT2D eigenvalue weighted by Gasteiger charge is 2.24. The second-order valence-corrected chi connectivity index (χ2v) is 7.25. The molecular weight excluding hydrogens is 348 g/mol. The molecule has 0 bridgehead atoms. The first kappa shape index (κ1) is 16.9. The lowest BCUT2D eigenvalue weighted by atomic mass is 10.2. The number of rotatable bonds is 5. The van der Waals surface area contributed by atoms with Gasteiger partial charge < -0.3 is 15.0 Å². The minimum atomic E-state index is -0.148. The van der Waals surface area contributed by atoms with Crippen LogP contribution in [0.15, 0.2) is 17.5 Å². The van der Waals surface area contributed by atoms with Crippen molar-refractivity contribution in [3.8, 4) is 0 Å². The van der Waals surface area contributed by atoms with Crippen LogP contribution >= 0.6 is 22.7 Å². The molecule has 3 heterocycles. The minimum absolute atomic E-state index is 0.102. The first-order valence-electron chi connectivity index (χ1n) is 7.52. The van der Waals surface area contributed by atoms with Gasteiger partial charge in [-0.25, -0.2) is 9.78 Å². The summed E-state index contributed by atoms with van der Waals surface area (Å²) in [5, 5.41) is 8.10. The van der Waals surface area contributed by atoms with Gasteiger partial charge in [-0.2, -0.15) is 0 Å². The number of aromatic nitrogens is 1. The van der Waals surface area contributed by atoms with Crippen LogP contribution in [0, 0.1) is 0 Å². The molecule has 1 aliphatic heterocycles. The molecule has 2 aromatic rings. The minimum Gasteiger partial charge on any atom is -0.383 e. The van der Waals surface area contributed by atoms with Gasteiger partial charge in [0.2, 0.25) is 0 Å². The van der Waals surface area contributed by atoms with E-state index in [2.05, 4.69) is 15.6 Å². The van der Waals surface area contributed by atoms with Gasteiger partial charge in [-0.15, -0.1) is 11.3 Å². The fraction of sp³-hybridized carbons (Fsp3) is 0.400. The number of nitrogens with zero attached hydrogens (tertiary/aromatic N) is 2. The number of nitrogens with one attached hydrogen (secondary N) is 2. The summed E-state index contributed by atoms with van der Waals surface area (Å²) < 4.78 is 4.93. The highest BCUT2D eigenvalue weighted by Crippen LogP contribution is 2.28. The van der Waals surface area contributed by atoms with Gasteiger partial charge in [0.1, 0.15) is 0 Å². The Morgan fingerprint density at radius 2 is 2.33 bits per heavy atom. The van der Waals surface area contributed by atoms with E-state index in [1.807, 2.05) is 11.4 Å². The van der Waals surface area contributed by atoms with Crippen molar-refractivity contribution in [3.05, 3.63) is 33.0 Å². The lowest BCUT2D eigenvalue weighted by Gasteiger charge is -2.26. The van der Waals surface area contributed by atoms with Crippen LogP contribution in [-0.4, -0.2) is 48.6 Å². The van der Waals surface area contributed by atoms with Gasteiger partial charge in [0, 0.05) is 31.5 Å². The van der Waals surface area contributed by atoms with Crippen molar-refractivity contribution >= 4 is 39.7 Å². The Morgan fingerprint density at radius 3 is 3.08 bits per heavy atom. The Kier molecular flexibility index (Phi) is 5.44. The van der Waals surface area contributed by atoms with Crippen molar-refractivity contribution in [2.75, 3.05) is 32.1 Å². The van der Waals surface area contributed by atoms with Crippen LogP contribution in [-0.2, 0) is 17.7 Å². The van der Waals surface area contributed by atoms with Gasteiger partial charge in [0.25, 0.3) is 5.91 Å². The maximum atomic E-state index is 12.1. The number of ether oxygens (including phenoxy) is 1. The largest absolute Gasteiger partial charge is 0.383 e. The standard InChI is InChI=1S/C15H18N4O3S2/c1-22-7-5-16-15(21)19-6-4-10-12(9-19)24-14(17-10)18-13(20)11-3-2-8-23-11/h2-3,8H,4-7,9H2,1H3,(H,16,21)(H,17,18,20). The molecule has 0 unspecified atom stereocenters.